The lowest BCUT2D eigenvalue weighted by atomic mass is 10.2. The van der Waals surface area contributed by atoms with Gasteiger partial charge in [0.05, 0.1) is 4.92 Å². The van der Waals surface area contributed by atoms with Crippen molar-refractivity contribution in [3.8, 4) is 0 Å². The number of anilines is 1. The molecule has 6 nitrogen and oxygen atoms in total. The predicted octanol–water partition coefficient (Wildman–Crippen LogP) is 3.30. The molecule has 0 bridgehead atoms. The van der Waals surface area contributed by atoms with Crippen LogP contribution in [0.15, 0.2) is 48.7 Å². The number of aromatic nitrogens is 1. The molecule has 7 heteroatoms. The van der Waals surface area contributed by atoms with Crippen molar-refractivity contribution >= 4 is 35.1 Å². The van der Waals surface area contributed by atoms with Crippen molar-refractivity contribution in [1.29, 1.82) is 0 Å². The zero-order chi connectivity index (χ0) is 15.2. The summed E-state index contributed by atoms with van der Waals surface area (Å²) in [5, 5.41) is 13.6. The summed E-state index contributed by atoms with van der Waals surface area (Å²) < 4.78 is 0. The summed E-state index contributed by atoms with van der Waals surface area (Å²) >= 11 is 5.78. The van der Waals surface area contributed by atoms with E-state index >= 15 is 0 Å². The summed E-state index contributed by atoms with van der Waals surface area (Å²) in [4.78, 5) is 25.8. The third-order valence-corrected chi connectivity index (χ3v) is 2.72. The van der Waals surface area contributed by atoms with Crippen LogP contribution in [-0.2, 0) is 4.79 Å². The summed E-state index contributed by atoms with van der Waals surface area (Å²) in [5.41, 5.74) is 0.521. The molecular weight excluding hydrogens is 294 g/mol. The number of nitro groups is 1. The molecule has 0 spiro atoms. The van der Waals surface area contributed by atoms with Gasteiger partial charge in [0.2, 0.25) is 5.91 Å². The zero-order valence-electron chi connectivity index (χ0n) is 10.7. The summed E-state index contributed by atoms with van der Waals surface area (Å²) in [6.45, 7) is 0. The highest BCUT2D eigenvalue weighted by Gasteiger charge is 2.04. The van der Waals surface area contributed by atoms with Crippen LogP contribution in [0, 0.1) is 10.1 Å². The number of carbonyl (C=O) groups excluding carboxylic acids is 1. The second kappa shape index (κ2) is 6.62. The zero-order valence-corrected chi connectivity index (χ0v) is 11.4. The van der Waals surface area contributed by atoms with Crippen LogP contribution < -0.4 is 5.32 Å². The van der Waals surface area contributed by atoms with E-state index in [1.807, 2.05) is 0 Å². The number of hydrogen-bond donors (Lipinski definition) is 1. The Kier molecular flexibility index (Phi) is 4.63. The lowest BCUT2D eigenvalue weighted by Gasteiger charge is -2.00. The Labute approximate surface area is 125 Å². The van der Waals surface area contributed by atoms with Crippen molar-refractivity contribution < 1.29 is 9.72 Å². The number of carbonyl (C=O) groups is 1. The molecule has 0 aliphatic carbocycles. The molecule has 0 unspecified atom stereocenters. The highest BCUT2D eigenvalue weighted by Crippen LogP contribution is 2.15. The van der Waals surface area contributed by atoms with E-state index in [2.05, 4.69) is 10.3 Å². The molecule has 21 heavy (non-hydrogen) atoms. The van der Waals surface area contributed by atoms with Gasteiger partial charge >= 0.3 is 0 Å². The van der Waals surface area contributed by atoms with E-state index in [4.69, 9.17) is 11.6 Å². The summed E-state index contributed by atoms with van der Waals surface area (Å²) in [6.07, 6.45) is 4.22. The number of pyridine rings is 1. The molecule has 0 aliphatic rings. The van der Waals surface area contributed by atoms with Crippen molar-refractivity contribution in [2.45, 2.75) is 0 Å². The number of halogens is 1. The molecule has 1 aromatic heterocycles. The standard InChI is InChI=1S/C14H10ClN3O3/c15-11-6-7-16-13(9-11)17-14(19)5-4-10-2-1-3-12(8-10)18(20)21/h1-9H,(H,16,17,19)/b5-4+. The van der Waals surface area contributed by atoms with Gasteiger partial charge in [0, 0.05) is 29.4 Å². The number of rotatable bonds is 4. The minimum Gasteiger partial charge on any atom is -0.307 e. The highest BCUT2D eigenvalue weighted by molar-refractivity contribution is 6.30. The van der Waals surface area contributed by atoms with Gasteiger partial charge in [0.15, 0.2) is 0 Å². The molecule has 0 saturated heterocycles. The minimum atomic E-state index is -0.493. The van der Waals surface area contributed by atoms with Crippen molar-refractivity contribution in [2.24, 2.45) is 0 Å². The van der Waals surface area contributed by atoms with E-state index in [0.29, 0.717) is 16.4 Å². The fraction of sp³-hybridized carbons (Fsp3) is 0. The van der Waals surface area contributed by atoms with Gasteiger partial charge in [-0.3, -0.25) is 14.9 Å². The molecule has 1 aromatic carbocycles. The van der Waals surface area contributed by atoms with E-state index in [1.54, 1.807) is 18.2 Å². The molecule has 1 amide bonds. The Balaban J connectivity index is 2.05. The van der Waals surface area contributed by atoms with Crippen LogP contribution in [0.25, 0.3) is 6.08 Å². The average molecular weight is 304 g/mol. The third kappa shape index (κ3) is 4.39. The van der Waals surface area contributed by atoms with Crippen LogP contribution >= 0.6 is 11.6 Å². The van der Waals surface area contributed by atoms with Gasteiger partial charge in [0.25, 0.3) is 5.69 Å². The lowest BCUT2D eigenvalue weighted by Crippen LogP contribution is -2.08. The Morgan fingerprint density at radius 3 is 2.86 bits per heavy atom. The van der Waals surface area contributed by atoms with Crippen LogP contribution in [-0.4, -0.2) is 15.8 Å². The van der Waals surface area contributed by atoms with Gasteiger partial charge in [-0.1, -0.05) is 23.7 Å². The van der Waals surface area contributed by atoms with Crippen molar-refractivity contribution in [3.63, 3.8) is 0 Å². The number of benzene rings is 1. The summed E-state index contributed by atoms with van der Waals surface area (Å²) in [6, 6.07) is 9.08. The highest BCUT2D eigenvalue weighted by atomic mass is 35.5. The third-order valence-electron chi connectivity index (χ3n) is 2.48. The second-order valence-corrected chi connectivity index (χ2v) is 4.47. The van der Waals surface area contributed by atoms with Gasteiger partial charge in [-0.05, 0) is 23.8 Å². The molecule has 1 N–H and O–H groups in total. The molecule has 0 saturated carbocycles. The molecule has 1 heterocycles. The van der Waals surface area contributed by atoms with Crippen LogP contribution in [0.1, 0.15) is 5.56 Å². The topological polar surface area (TPSA) is 85.1 Å². The lowest BCUT2D eigenvalue weighted by molar-refractivity contribution is -0.384. The number of nitrogens with zero attached hydrogens (tertiary/aromatic N) is 2. The van der Waals surface area contributed by atoms with E-state index in [0.717, 1.165) is 0 Å². The van der Waals surface area contributed by atoms with E-state index in [1.165, 1.54) is 36.5 Å². The molecule has 106 valence electrons. The van der Waals surface area contributed by atoms with Crippen LogP contribution in [0.3, 0.4) is 0 Å². The number of hydrogen-bond acceptors (Lipinski definition) is 4. The van der Waals surface area contributed by atoms with Gasteiger partial charge in [-0.25, -0.2) is 4.98 Å². The molecule has 2 aromatic rings. The second-order valence-electron chi connectivity index (χ2n) is 4.03. The average Bonchev–Trinajstić information content (AvgIpc) is 2.45. The first-order chi connectivity index (χ1) is 10.0. The van der Waals surface area contributed by atoms with Crippen LogP contribution in [0.4, 0.5) is 11.5 Å². The Morgan fingerprint density at radius 2 is 2.14 bits per heavy atom. The number of amides is 1. The minimum absolute atomic E-state index is 0.0333. The summed E-state index contributed by atoms with van der Waals surface area (Å²) in [5.74, 6) is -0.0764. The number of nitrogens with one attached hydrogen (secondary N) is 1. The molecule has 0 aliphatic heterocycles. The van der Waals surface area contributed by atoms with Gasteiger partial charge in [0.1, 0.15) is 5.82 Å². The fourth-order valence-corrected chi connectivity index (χ4v) is 1.71. The van der Waals surface area contributed by atoms with Crippen LogP contribution in [0.5, 0.6) is 0 Å². The van der Waals surface area contributed by atoms with E-state index < -0.39 is 10.8 Å². The smallest absolute Gasteiger partial charge is 0.270 e. The summed E-state index contributed by atoms with van der Waals surface area (Å²) in [7, 11) is 0. The first-order valence-electron chi connectivity index (χ1n) is 5.90. The van der Waals surface area contributed by atoms with Crippen LogP contribution in [0.2, 0.25) is 5.02 Å². The molecule has 2 rings (SSSR count). The van der Waals surface area contributed by atoms with Gasteiger partial charge < -0.3 is 5.32 Å². The quantitative estimate of drug-likeness (QED) is 0.533. The maximum Gasteiger partial charge on any atom is 0.270 e. The Bertz CT molecular complexity index is 716. The monoisotopic (exact) mass is 303 g/mol. The van der Waals surface area contributed by atoms with E-state index in [9.17, 15) is 14.9 Å². The fourth-order valence-electron chi connectivity index (χ4n) is 1.55. The molecular formula is C14H10ClN3O3. The predicted molar refractivity (Wildman–Crippen MR) is 80.0 cm³/mol. The van der Waals surface area contributed by atoms with Gasteiger partial charge in [-0.15, -0.1) is 0 Å². The Morgan fingerprint density at radius 1 is 1.33 bits per heavy atom. The molecule has 0 atom stereocenters. The molecule has 0 fully saturated rings. The SMILES string of the molecule is O=C(/C=C/c1cccc([N+](=O)[O-])c1)Nc1cc(Cl)ccn1. The van der Waals surface area contributed by atoms with Crippen molar-refractivity contribution in [1.82, 2.24) is 4.98 Å². The maximum absolute atomic E-state index is 11.7. The Hall–Kier alpha value is -2.73. The number of non-ortho nitro benzene ring substituents is 1. The largest absolute Gasteiger partial charge is 0.307 e. The van der Waals surface area contributed by atoms with E-state index in [-0.39, 0.29) is 5.69 Å². The molecule has 0 radical (unpaired) electrons. The first-order valence-corrected chi connectivity index (χ1v) is 6.27. The number of nitro benzene ring substituents is 1. The van der Waals surface area contributed by atoms with Crippen molar-refractivity contribution in [3.05, 3.63) is 69.4 Å². The first kappa shape index (κ1) is 14.7. The van der Waals surface area contributed by atoms with Gasteiger partial charge in [-0.2, -0.15) is 0 Å². The maximum atomic E-state index is 11.7. The van der Waals surface area contributed by atoms with Crippen molar-refractivity contribution in [2.75, 3.05) is 5.32 Å². The normalized spacial score (nSPS) is 10.5.